The molecule has 6 atom stereocenters. The van der Waals surface area contributed by atoms with E-state index in [0.717, 1.165) is 118 Å². The van der Waals surface area contributed by atoms with Gasteiger partial charge in [0, 0.05) is 135 Å². The van der Waals surface area contributed by atoms with Crippen LogP contribution >= 0.6 is 23.2 Å². The second kappa shape index (κ2) is 42.7. The van der Waals surface area contributed by atoms with Crippen molar-refractivity contribution in [2.45, 2.75) is 159 Å². The number of benzene rings is 6. The van der Waals surface area contributed by atoms with E-state index in [0.29, 0.717) is 95.6 Å². The highest BCUT2D eigenvalue weighted by Crippen LogP contribution is 2.41. The number of carbonyl (C=O) groups excluding carboxylic acids is 5. The Morgan fingerprint density at radius 1 is 0.597 bits per heavy atom. The van der Waals surface area contributed by atoms with Crippen LogP contribution in [-0.4, -0.2) is 131 Å². The van der Waals surface area contributed by atoms with E-state index in [2.05, 4.69) is 90.0 Å². The van der Waals surface area contributed by atoms with Crippen molar-refractivity contribution in [2.75, 3.05) is 74.6 Å². The van der Waals surface area contributed by atoms with E-state index in [1.165, 1.54) is 70.2 Å². The molecule has 5 aliphatic heterocycles. The minimum Gasteiger partial charge on any atom is -0.494 e. The Morgan fingerprint density at radius 2 is 1.21 bits per heavy atom. The van der Waals surface area contributed by atoms with Gasteiger partial charge in [0.05, 0.1) is 34.4 Å². The molecule has 5 fully saturated rings. The standard InChI is InChI=1S/C21H24F3N3O3.C20H21F3N2O2.C18H19ClN2O.C18H17F3N2O.C17H17ClN2O/c1-12(2)27-17(9-19(26-27)29-11-21(22,23)24)18(28)7-13-3-5-14(6-4-13)20-16-8-15(30-20)10-25-16;1-2-27-16-7-5-6-15(13-16)24-19(26)14-8-9-18(25-10-3-4-11-25)17(12-14)20(21,22)23;19-16-5-6-17(21-12-16)10-18(22)9-13-1-3-14(4-2-13)15-7-8-20-11-15;1-11-2-3-13-9-15(5-4-12(13)8-11)23-17(24)14-6-7-22-16(10-14)18(19,20)21;18-15-5-6-16(20-11-15)17(21)9-12-1-3-13(4-2-12)14-7-8-19-10-14/h3-6,9,12,15-16,20,25H,7-8,10-11H2,1-2H3;5-9,12-13H,2-4,10-11H2,1H3,(H,24,26);1-6,12,15,20H,7-11H2;4-7,9-11H,2-3,8H2,1H3,(H,23,24);1-6,11,14,19H,7-10H2/t15-,16-,20?;;;;/m0..../s1. The van der Waals surface area contributed by atoms with Crippen LogP contribution in [0.4, 0.5) is 56.6 Å². The van der Waals surface area contributed by atoms with E-state index >= 15 is 0 Å². The Bertz CT molecular complexity index is 5260. The summed E-state index contributed by atoms with van der Waals surface area (Å²) in [5.41, 5.74) is 9.84. The number of ether oxygens (including phenoxy) is 3. The van der Waals surface area contributed by atoms with Crippen molar-refractivity contribution >= 4 is 69.4 Å². The maximum Gasteiger partial charge on any atom is 0.433 e. The van der Waals surface area contributed by atoms with E-state index in [1.807, 2.05) is 55.5 Å². The Morgan fingerprint density at radius 3 is 1.77 bits per heavy atom. The van der Waals surface area contributed by atoms with Crippen LogP contribution < -0.4 is 41.0 Å². The van der Waals surface area contributed by atoms with Gasteiger partial charge < -0.3 is 45.7 Å². The molecule has 2 bridgehead atoms. The lowest BCUT2D eigenvalue weighted by Gasteiger charge is -2.23. The van der Waals surface area contributed by atoms with Gasteiger partial charge in [-0.15, -0.1) is 5.10 Å². The molecular formula is C94H98Cl2F9N11O8. The molecule has 4 unspecified atom stereocenters. The Labute approximate surface area is 724 Å². The SMILES string of the molecule is CC(C)n1nc(OCC(F)(F)F)cc1C(=O)Cc1ccc(C2O[C@@H]3CN[C@H]2C3)cc1.CC1CCc2cc(NC(=O)c3ccnc(C(F)(F)F)c3)ccc2C1.CCOc1cccc(NC(=O)c2ccc(N3CCCC3)c(C(F)(F)F)c2)c1.O=C(Cc1ccc(C2CCNC2)cc1)Cc1ccc(Cl)cn1.O=C(Cc1ccc(C2CCNC2)cc1)c1ccc(Cl)cn1. The Balaban J connectivity index is 0.000000142. The molecule has 4 aromatic heterocycles. The van der Waals surface area contributed by atoms with E-state index < -0.39 is 48.2 Å². The van der Waals surface area contributed by atoms with Crippen LogP contribution in [0.3, 0.4) is 0 Å². The number of aryl methyl sites for hydroxylation is 1. The molecule has 5 saturated heterocycles. The van der Waals surface area contributed by atoms with Crippen LogP contribution in [0.25, 0.3) is 0 Å². The third-order valence-electron chi connectivity index (χ3n) is 22.0. The summed E-state index contributed by atoms with van der Waals surface area (Å²) in [6, 6.07) is 51.0. The number of carbonyl (C=O) groups is 5. The lowest BCUT2D eigenvalue weighted by Crippen LogP contribution is -2.33. The number of hydrogen-bond donors (Lipinski definition) is 5. The molecule has 16 rings (SSSR count). The summed E-state index contributed by atoms with van der Waals surface area (Å²) >= 11 is 11.6. The van der Waals surface area contributed by atoms with Gasteiger partial charge in [0.15, 0.2) is 18.2 Å². The number of nitrogens with zero attached hydrogens (tertiary/aromatic N) is 6. The molecule has 2 amide bonds. The lowest BCUT2D eigenvalue weighted by molar-refractivity contribution is -0.154. The van der Waals surface area contributed by atoms with Crippen molar-refractivity contribution in [3.63, 3.8) is 0 Å². The molecule has 0 radical (unpaired) electrons. The first-order chi connectivity index (χ1) is 59.3. The van der Waals surface area contributed by atoms with Crippen LogP contribution in [-0.2, 0) is 60.4 Å². The minimum absolute atomic E-state index is 0.0157. The molecule has 10 aromatic rings. The number of rotatable bonds is 23. The molecule has 6 aliphatic rings. The monoisotopic (exact) mass is 1750 g/mol. The van der Waals surface area contributed by atoms with Gasteiger partial charge in [-0.2, -0.15) is 39.5 Å². The van der Waals surface area contributed by atoms with Crippen LogP contribution in [0.15, 0.2) is 195 Å². The highest BCUT2D eigenvalue weighted by atomic mass is 35.5. The molecule has 124 heavy (non-hydrogen) atoms. The fraction of sp³-hybridized carbons (Fsp3) is 0.372. The van der Waals surface area contributed by atoms with Crippen molar-refractivity contribution in [2.24, 2.45) is 5.92 Å². The normalized spacial score (nSPS) is 18.2. The van der Waals surface area contributed by atoms with Gasteiger partial charge in [0.25, 0.3) is 11.8 Å². The van der Waals surface area contributed by atoms with Crippen molar-refractivity contribution in [3.8, 4) is 11.6 Å². The number of fused-ring (bicyclic) bond motifs is 3. The van der Waals surface area contributed by atoms with Crippen molar-refractivity contribution in [1.29, 1.82) is 0 Å². The summed E-state index contributed by atoms with van der Waals surface area (Å²) in [7, 11) is 0. The second-order valence-corrected chi connectivity index (χ2v) is 32.7. The summed E-state index contributed by atoms with van der Waals surface area (Å²) in [4.78, 5) is 75.0. The van der Waals surface area contributed by atoms with Gasteiger partial charge in [-0.1, -0.05) is 115 Å². The van der Waals surface area contributed by atoms with Gasteiger partial charge in [0.2, 0.25) is 5.88 Å². The molecule has 5 N–H and O–H groups in total. The lowest BCUT2D eigenvalue weighted by atomic mass is 9.85. The Kier molecular flexibility index (Phi) is 31.8. The van der Waals surface area contributed by atoms with E-state index in [4.69, 9.17) is 37.4 Å². The molecule has 9 heterocycles. The average molecular weight is 1750 g/mol. The van der Waals surface area contributed by atoms with Crippen LogP contribution in [0.2, 0.25) is 10.0 Å². The number of ketones is 3. The van der Waals surface area contributed by atoms with Gasteiger partial charge in [0.1, 0.15) is 28.6 Å². The highest BCUT2D eigenvalue weighted by molar-refractivity contribution is 6.30. The van der Waals surface area contributed by atoms with Gasteiger partial charge >= 0.3 is 18.5 Å². The van der Waals surface area contributed by atoms with Crippen molar-refractivity contribution in [1.82, 2.24) is 40.7 Å². The number of halogens is 11. The number of Topliss-reactive ketones (excluding diaryl/α,β-unsaturated/α-hetero) is 3. The number of pyridine rings is 3. The average Bonchev–Trinajstić information content (AvgIpc) is 1.78. The summed E-state index contributed by atoms with van der Waals surface area (Å²) < 4.78 is 133. The predicted molar refractivity (Wildman–Crippen MR) is 458 cm³/mol. The fourth-order valence-electron chi connectivity index (χ4n) is 15.6. The zero-order valence-electron chi connectivity index (χ0n) is 69.0. The molecule has 1 aliphatic carbocycles. The number of anilines is 3. The van der Waals surface area contributed by atoms with Gasteiger partial charge in [-0.3, -0.25) is 43.6 Å². The smallest absolute Gasteiger partial charge is 0.433 e. The Hall–Kier alpha value is -10.9. The first-order valence-electron chi connectivity index (χ1n) is 41.5. The minimum atomic E-state index is -4.57. The maximum atomic E-state index is 13.5. The first kappa shape index (κ1) is 92.3. The molecule has 0 saturated carbocycles. The topological polar surface area (TPSA) is 233 Å². The largest absolute Gasteiger partial charge is 0.494 e. The van der Waals surface area contributed by atoms with Crippen LogP contribution in [0.5, 0.6) is 11.6 Å². The highest BCUT2D eigenvalue weighted by Gasteiger charge is 2.42. The van der Waals surface area contributed by atoms with Crippen molar-refractivity contribution < 1.29 is 77.7 Å². The quantitative estimate of drug-likeness (QED) is 0.0296. The summed E-state index contributed by atoms with van der Waals surface area (Å²) in [5.74, 6) is 1.02. The van der Waals surface area contributed by atoms with Gasteiger partial charge in [-0.05, 0) is 226 Å². The first-order valence-corrected chi connectivity index (χ1v) is 42.2. The third-order valence-corrected chi connectivity index (χ3v) is 22.5. The molecule has 30 heteroatoms. The molecule has 19 nitrogen and oxygen atoms in total. The predicted octanol–water partition coefficient (Wildman–Crippen LogP) is 19.5. The third kappa shape index (κ3) is 26.6. The second-order valence-electron chi connectivity index (χ2n) is 31.8. The van der Waals surface area contributed by atoms with Gasteiger partial charge in [-0.25, -0.2) is 0 Å². The zero-order valence-corrected chi connectivity index (χ0v) is 70.5. The summed E-state index contributed by atoms with van der Waals surface area (Å²) in [6.07, 6.45) is 0.320. The molecule has 6 aromatic carbocycles. The maximum absolute atomic E-state index is 13.5. The number of nitrogens with one attached hydrogen (secondary N) is 5. The van der Waals surface area contributed by atoms with E-state index in [9.17, 15) is 63.5 Å². The summed E-state index contributed by atoms with van der Waals surface area (Å²) in [6.45, 7) is 13.1. The van der Waals surface area contributed by atoms with Crippen molar-refractivity contribution in [3.05, 3.63) is 289 Å². The van der Waals surface area contributed by atoms with E-state index in [-0.39, 0.29) is 70.4 Å². The fourth-order valence-corrected chi connectivity index (χ4v) is 15.8. The summed E-state index contributed by atoms with van der Waals surface area (Å²) in [5, 5.41) is 20.6. The number of aromatic nitrogens is 5. The zero-order chi connectivity index (χ0) is 88.2. The number of alkyl halides is 9. The number of amides is 2. The van der Waals surface area contributed by atoms with Crippen LogP contribution in [0, 0.1) is 5.92 Å². The number of morpholine rings is 1. The molecule has 654 valence electrons. The van der Waals surface area contributed by atoms with E-state index in [1.54, 1.807) is 79.5 Å². The molecular weight excluding hydrogens is 1650 g/mol. The molecule has 0 spiro atoms. The number of hydrogen-bond acceptors (Lipinski definition) is 16. The van der Waals surface area contributed by atoms with Crippen LogP contribution in [0.1, 0.15) is 193 Å².